The Morgan fingerprint density at radius 2 is 1.00 bits per heavy atom. The van der Waals surface area contributed by atoms with Gasteiger partial charge in [-0.3, -0.25) is 0 Å². The molecule has 3 fully saturated rings. The molecule has 0 radical (unpaired) electrons. The van der Waals surface area contributed by atoms with E-state index in [-0.39, 0.29) is 0 Å². The smallest absolute Gasteiger partial charge is 0.0233 e. The fourth-order valence-corrected chi connectivity index (χ4v) is 6.27. The molecule has 0 aliphatic heterocycles. The van der Waals surface area contributed by atoms with E-state index in [1.165, 1.54) is 83.5 Å². The van der Waals surface area contributed by atoms with E-state index in [0.29, 0.717) is 0 Å². The summed E-state index contributed by atoms with van der Waals surface area (Å²) in [5, 5.41) is 0. The Hall–Kier alpha value is -0.260. The predicted molar refractivity (Wildman–Crippen MR) is 111 cm³/mol. The molecular weight excluding hydrogens is 300 g/mol. The van der Waals surface area contributed by atoms with Crippen LogP contribution in [-0.2, 0) is 0 Å². The molecular formula is C25H44. The highest BCUT2D eigenvalue weighted by Gasteiger charge is 2.30. The Labute approximate surface area is 158 Å². The Bertz CT molecular complexity index is 371. The molecule has 0 heterocycles. The van der Waals surface area contributed by atoms with Gasteiger partial charge in [-0.25, -0.2) is 0 Å². The topological polar surface area (TPSA) is 0 Å². The summed E-state index contributed by atoms with van der Waals surface area (Å²) in [7, 11) is 0. The summed E-state index contributed by atoms with van der Waals surface area (Å²) in [5.41, 5.74) is 0. The minimum Gasteiger partial charge on any atom is -0.0851 e. The van der Waals surface area contributed by atoms with Gasteiger partial charge in [0, 0.05) is 0 Å². The molecule has 3 rings (SSSR count). The normalized spacial score (nSPS) is 40.4. The van der Waals surface area contributed by atoms with Crippen molar-refractivity contribution in [3.63, 3.8) is 0 Å². The number of rotatable bonds is 6. The summed E-state index contributed by atoms with van der Waals surface area (Å²) in [5.74, 6) is 6.09. The van der Waals surface area contributed by atoms with Crippen LogP contribution < -0.4 is 0 Å². The van der Waals surface area contributed by atoms with Gasteiger partial charge in [-0.15, -0.1) is 0 Å². The van der Waals surface area contributed by atoms with Crippen LogP contribution >= 0.6 is 0 Å². The van der Waals surface area contributed by atoms with Gasteiger partial charge in [0.1, 0.15) is 0 Å². The van der Waals surface area contributed by atoms with Crippen molar-refractivity contribution >= 4 is 0 Å². The lowest BCUT2D eigenvalue weighted by atomic mass is 9.69. The predicted octanol–water partition coefficient (Wildman–Crippen LogP) is 8.17. The first-order valence-corrected chi connectivity index (χ1v) is 12.0. The van der Waals surface area contributed by atoms with E-state index < -0.39 is 0 Å². The Kier molecular flexibility index (Phi) is 7.93. The lowest BCUT2D eigenvalue weighted by molar-refractivity contribution is 0.154. The molecule has 0 aromatic heterocycles. The van der Waals surface area contributed by atoms with E-state index in [0.717, 1.165) is 35.5 Å². The van der Waals surface area contributed by atoms with Gasteiger partial charge in [0.2, 0.25) is 0 Å². The Morgan fingerprint density at radius 3 is 1.48 bits per heavy atom. The fourth-order valence-electron chi connectivity index (χ4n) is 6.27. The SMILES string of the molecule is CCCC1CCC(C=CC2CCC(C3CCC(CC)CC3)CC2)CC1. The van der Waals surface area contributed by atoms with Crippen molar-refractivity contribution in [1.82, 2.24) is 0 Å². The molecule has 3 aliphatic rings. The summed E-state index contributed by atoms with van der Waals surface area (Å²) in [6.07, 6.45) is 27.7. The lowest BCUT2D eigenvalue weighted by Gasteiger charge is -2.37. The minimum atomic E-state index is 0.912. The number of hydrogen-bond donors (Lipinski definition) is 0. The van der Waals surface area contributed by atoms with Crippen LogP contribution in [-0.4, -0.2) is 0 Å². The van der Waals surface area contributed by atoms with Crippen molar-refractivity contribution in [2.75, 3.05) is 0 Å². The summed E-state index contributed by atoms with van der Waals surface area (Å²) in [6, 6.07) is 0. The Morgan fingerprint density at radius 1 is 0.560 bits per heavy atom. The third-order valence-electron chi connectivity index (χ3n) is 8.20. The summed E-state index contributed by atoms with van der Waals surface area (Å²) >= 11 is 0. The highest BCUT2D eigenvalue weighted by Crippen LogP contribution is 2.42. The average Bonchev–Trinajstić information content (AvgIpc) is 2.68. The molecule has 144 valence electrons. The van der Waals surface area contributed by atoms with E-state index in [1.807, 2.05) is 0 Å². The zero-order valence-electron chi connectivity index (χ0n) is 17.2. The first-order valence-electron chi connectivity index (χ1n) is 12.0. The summed E-state index contributed by atoms with van der Waals surface area (Å²) in [6.45, 7) is 4.73. The number of allylic oxidation sites excluding steroid dienone is 2. The van der Waals surface area contributed by atoms with Gasteiger partial charge in [-0.2, -0.15) is 0 Å². The van der Waals surface area contributed by atoms with Crippen molar-refractivity contribution in [3.8, 4) is 0 Å². The van der Waals surface area contributed by atoms with Crippen LogP contribution in [0.3, 0.4) is 0 Å². The lowest BCUT2D eigenvalue weighted by Crippen LogP contribution is -2.25. The molecule has 0 atom stereocenters. The second-order valence-corrected chi connectivity index (χ2v) is 9.82. The standard InChI is InChI=1S/C25H44/c1-3-5-21-6-8-22(9-7-21)10-11-23-14-18-25(19-15-23)24-16-12-20(4-2)13-17-24/h10-11,20-25H,3-9,12-19H2,1-2H3. The van der Waals surface area contributed by atoms with Gasteiger partial charge in [0.25, 0.3) is 0 Å². The van der Waals surface area contributed by atoms with Crippen LogP contribution in [0.2, 0.25) is 0 Å². The van der Waals surface area contributed by atoms with E-state index in [9.17, 15) is 0 Å². The minimum absolute atomic E-state index is 0.912. The van der Waals surface area contributed by atoms with E-state index in [2.05, 4.69) is 26.0 Å². The van der Waals surface area contributed by atoms with Gasteiger partial charge in [-0.1, -0.05) is 58.1 Å². The summed E-state index contributed by atoms with van der Waals surface area (Å²) < 4.78 is 0. The maximum atomic E-state index is 2.65. The third kappa shape index (κ3) is 5.86. The van der Waals surface area contributed by atoms with Crippen LogP contribution in [0.1, 0.15) is 110 Å². The van der Waals surface area contributed by atoms with Crippen molar-refractivity contribution in [2.24, 2.45) is 35.5 Å². The monoisotopic (exact) mass is 344 g/mol. The molecule has 0 aromatic carbocycles. The molecule has 0 unspecified atom stereocenters. The molecule has 0 amide bonds. The van der Waals surface area contributed by atoms with Gasteiger partial charge in [0.05, 0.1) is 0 Å². The zero-order chi connectivity index (χ0) is 17.5. The van der Waals surface area contributed by atoms with Crippen LogP contribution in [0, 0.1) is 35.5 Å². The van der Waals surface area contributed by atoms with Gasteiger partial charge >= 0.3 is 0 Å². The Balaban J connectivity index is 1.34. The molecule has 0 spiro atoms. The van der Waals surface area contributed by atoms with Gasteiger partial charge < -0.3 is 0 Å². The molecule has 0 bridgehead atoms. The second-order valence-electron chi connectivity index (χ2n) is 9.82. The number of hydrogen-bond acceptors (Lipinski definition) is 0. The van der Waals surface area contributed by atoms with Crippen LogP contribution in [0.5, 0.6) is 0 Å². The van der Waals surface area contributed by atoms with Gasteiger partial charge in [-0.05, 0) is 99.7 Å². The quantitative estimate of drug-likeness (QED) is 0.426. The largest absolute Gasteiger partial charge is 0.0851 e. The van der Waals surface area contributed by atoms with Gasteiger partial charge in [0.15, 0.2) is 0 Å². The summed E-state index contributed by atoms with van der Waals surface area (Å²) in [4.78, 5) is 0. The molecule has 0 saturated heterocycles. The van der Waals surface area contributed by atoms with Crippen LogP contribution in [0.15, 0.2) is 12.2 Å². The molecule has 0 N–H and O–H groups in total. The van der Waals surface area contributed by atoms with Crippen molar-refractivity contribution in [1.29, 1.82) is 0 Å². The van der Waals surface area contributed by atoms with Crippen LogP contribution in [0.25, 0.3) is 0 Å². The molecule has 0 nitrogen and oxygen atoms in total. The average molecular weight is 345 g/mol. The van der Waals surface area contributed by atoms with Crippen molar-refractivity contribution in [3.05, 3.63) is 12.2 Å². The van der Waals surface area contributed by atoms with E-state index >= 15 is 0 Å². The first kappa shape index (κ1) is 19.5. The molecule has 3 saturated carbocycles. The molecule has 25 heavy (non-hydrogen) atoms. The highest BCUT2D eigenvalue weighted by molar-refractivity contribution is 4.96. The highest BCUT2D eigenvalue weighted by atomic mass is 14.4. The second kappa shape index (κ2) is 10.2. The van der Waals surface area contributed by atoms with Crippen molar-refractivity contribution < 1.29 is 0 Å². The van der Waals surface area contributed by atoms with E-state index in [1.54, 1.807) is 12.8 Å². The zero-order valence-corrected chi connectivity index (χ0v) is 17.2. The molecule has 0 aromatic rings. The maximum absolute atomic E-state index is 2.65. The molecule has 3 aliphatic carbocycles. The van der Waals surface area contributed by atoms with Crippen molar-refractivity contribution in [2.45, 2.75) is 110 Å². The van der Waals surface area contributed by atoms with Crippen LogP contribution in [0.4, 0.5) is 0 Å². The molecule has 0 heteroatoms. The van der Waals surface area contributed by atoms with E-state index in [4.69, 9.17) is 0 Å². The fraction of sp³-hybridized carbons (Fsp3) is 0.920. The first-order chi connectivity index (χ1) is 12.3. The maximum Gasteiger partial charge on any atom is -0.0233 e. The third-order valence-corrected chi connectivity index (χ3v) is 8.20.